The van der Waals surface area contributed by atoms with Crippen LogP contribution >= 0.6 is 11.6 Å². The van der Waals surface area contributed by atoms with Crippen LogP contribution in [-0.4, -0.2) is 5.11 Å². The number of phenols is 1. The van der Waals surface area contributed by atoms with Crippen molar-refractivity contribution in [1.82, 2.24) is 0 Å². The van der Waals surface area contributed by atoms with Gasteiger partial charge in [-0.25, -0.2) is 0 Å². The maximum atomic E-state index is 10.1. The van der Waals surface area contributed by atoms with E-state index >= 15 is 0 Å². The van der Waals surface area contributed by atoms with Crippen LogP contribution in [0.15, 0.2) is 48.5 Å². The number of phenolic OH excluding ortho intramolecular Hbond substituents is 1. The maximum Gasteiger partial charge on any atom is 0.127 e. The third-order valence-electron chi connectivity index (χ3n) is 3.09. The molecular weight excluding hydrogens is 232 g/mol. The van der Waals surface area contributed by atoms with Crippen LogP contribution in [0, 0.1) is 0 Å². The number of halogens is 1. The van der Waals surface area contributed by atoms with Crippen LogP contribution in [-0.2, 0) is 5.88 Å². The SMILES string of the molecule is Oc1c(CCl)ccc2cc3ccccc3cc12. The molecule has 1 N–H and O–H groups in total. The number of hydrogen-bond donors (Lipinski definition) is 1. The quantitative estimate of drug-likeness (QED) is 0.494. The van der Waals surface area contributed by atoms with Gasteiger partial charge in [-0.3, -0.25) is 0 Å². The molecule has 0 spiro atoms. The highest BCUT2D eigenvalue weighted by Crippen LogP contribution is 2.32. The third kappa shape index (κ3) is 1.63. The Bertz CT molecular complexity index is 704. The fourth-order valence-corrected chi connectivity index (χ4v) is 2.37. The zero-order valence-electron chi connectivity index (χ0n) is 9.15. The van der Waals surface area contributed by atoms with E-state index < -0.39 is 0 Å². The molecule has 0 radical (unpaired) electrons. The first kappa shape index (κ1) is 10.4. The van der Waals surface area contributed by atoms with Crippen LogP contribution in [0.25, 0.3) is 21.5 Å². The van der Waals surface area contributed by atoms with Crippen molar-refractivity contribution in [2.45, 2.75) is 5.88 Å². The largest absolute Gasteiger partial charge is 0.507 e. The van der Waals surface area contributed by atoms with Crippen molar-refractivity contribution in [3.05, 3.63) is 54.1 Å². The van der Waals surface area contributed by atoms with E-state index in [9.17, 15) is 5.11 Å². The number of rotatable bonds is 1. The van der Waals surface area contributed by atoms with Gasteiger partial charge in [0.1, 0.15) is 5.75 Å². The number of aromatic hydroxyl groups is 1. The van der Waals surface area contributed by atoms with Gasteiger partial charge in [-0.15, -0.1) is 11.6 Å². The summed E-state index contributed by atoms with van der Waals surface area (Å²) in [6.45, 7) is 0. The fourth-order valence-electron chi connectivity index (χ4n) is 2.15. The van der Waals surface area contributed by atoms with Gasteiger partial charge in [0, 0.05) is 10.9 Å². The summed E-state index contributed by atoms with van der Waals surface area (Å²) < 4.78 is 0. The van der Waals surface area contributed by atoms with Gasteiger partial charge in [-0.05, 0) is 28.3 Å². The van der Waals surface area contributed by atoms with E-state index in [0.717, 1.165) is 21.7 Å². The molecule has 0 fully saturated rings. The minimum Gasteiger partial charge on any atom is -0.507 e. The van der Waals surface area contributed by atoms with Crippen LogP contribution in [0.4, 0.5) is 0 Å². The summed E-state index contributed by atoms with van der Waals surface area (Å²) in [6.07, 6.45) is 0. The van der Waals surface area contributed by atoms with Gasteiger partial charge >= 0.3 is 0 Å². The molecule has 17 heavy (non-hydrogen) atoms. The number of alkyl halides is 1. The Hall–Kier alpha value is -1.73. The summed E-state index contributed by atoms with van der Waals surface area (Å²) in [5, 5.41) is 14.3. The molecule has 0 aliphatic rings. The first-order valence-electron chi connectivity index (χ1n) is 5.49. The van der Waals surface area contributed by atoms with Crippen LogP contribution < -0.4 is 0 Å². The average Bonchev–Trinajstić information content (AvgIpc) is 2.37. The van der Waals surface area contributed by atoms with Gasteiger partial charge in [0.25, 0.3) is 0 Å². The van der Waals surface area contributed by atoms with Crippen LogP contribution in [0.1, 0.15) is 5.56 Å². The lowest BCUT2D eigenvalue weighted by molar-refractivity contribution is 0.477. The van der Waals surface area contributed by atoms with E-state index in [1.165, 1.54) is 5.39 Å². The van der Waals surface area contributed by atoms with Crippen molar-refractivity contribution in [3.63, 3.8) is 0 Å². The molecule has 0 amide bonds. The van der Waals surface area contributed by atoms with Gasteiger partial charge in [-0.2, -0.15) is 0 Å². The lowest BCUT2D eigenvalue weighted by Gasteiger charge is -2.07. The predicted octanol–water partition coefficient (Wildman–Crippen LogP) is 4.44. The van der Waals surface area contributed by atoms with E-state index in [2.05, 4.69) is 12.1 Å². The summed E-state index contributed by atoms with van der Waals surface area (Å²) in [5.74, 6) is 0.623. The highest BCUT2D eigenvalue weighted by molar-refractivity contribution is 6.17. The molecule has 0 unspecified atom stereocenters. The second-order valence-corrected chi connectivity index (χ2v) is 4.39. The fraction of sp³-hybridized carbons (Fsp3) is 0.0667. The lowest BCUT2D eigenvalue weighted by atomic mass is 10.0. The number of fused-ring (bicyclic) bond motifs is 2. The second-order valence-electron chi connectivity index (χ2n) is 4.13. The van der Waals surface area contributed by atoms with Crippen LogP contribution in [0.2, 0.25) is 0 Å². The van der Waals surface area contributed by atoms with E-state index in [4.69, 9.17) is 11.6 Å². The minimum absolute atomic E-state index is 0.295. The topological polar surface area (TPSA) is 20.2 Å². The van der Waals surface area contributed by atoms with Gasteiger partial charge in [0.15, 0.2) is 0 Å². The van der Waals surface area contributed by atoms with Gasteiger partial charge in [0.05, 0.1) is 5.88 Å². The van der Waals surface area contributed by atoms with Crippen molar-refractivity contribution < 1.29 is 5.11 Å². The zero-order valence-corrected chi connectivity index (χ0v) is 9.91. The first-order chi connectivity index (χ1) is 8.29. The molecule has 3 rings (SSSR count). The smallest absolute Gasteiger partial charge is 0.127 e. The molecule has 0 bridgehead atoms. The Morgan fingerprint density at radius 2 is 1.59 bits per heavy atom. The van der Waals surface area contributed by atoms with E-state index in [0.29, 0.717) is 11.6 Å². The van der Waals surface area contributed by atoms with Gasteiger partial charge in [0.2, 0.25) is 0 Å². The monoisotopic (exact) mass is 242 g/mol. The normalized spacial score (nSPS) is 11.1. The minimum atomic E-state index is 0.295. The van der Waals surface area contributed by atoms with Crippen molar-refractivity contribution >= 4 is 33.1 Å². The molecular formula is C15H11ClO. The molecule has 2 heteroatoms. The first-order valence-corrected chi connectivity index (χ1v) is 6.02. The summed E-state index contributed by atoms with van der Waals surface area (Å²) in [5.41, 5.74) is 0.773. The Morgan fingerprint density at radius 3 is 2.29 bits per heavy atom. The van der Waals surface area contributed by atoms with Crippen molar-refractivity contribution in [3.8, 4) is 5.75 Å². The molecule has 0 saturated heterocycles. The molecule has 0 aromatic heterocycles. The standard InChI is InChI=1S/C15H11ClO/c16-9-13-6-5-12-7-10-3-1-2-4-11(10)8-14(12)15(13)17/h1-8,17H,9H2. The number of hydrogen-bond acceptors (Lipinski definition) is 1. The molecule has 1 nitrogen and oxygen atoms in total. The summed E-state index contributed by atoms with van der Waals surface area (Å²) >= 11 is 5.79. The summed E-state index contributed by atoms with van der Waals surface area (Å²) in [4.78, 5) is 0. The molecule has 0 aliphatic heterocycles. The van der Waals surface area contributed by atoms with E-state index in [1.807, 2.05) is 36.4 Å². The second kappa shape index (κ2) is 3.94. The van der Waals surface area contributed by atoms with Crippen molar-refractivity contribution in [2.75, 3.05) is 0 Å². The Labute approximate surface area is 104 Å². The summed E-state index contributed by atoms with van der Waals surface area (Å²) in [7, 11) is 0. The van der Waals surface area contributed by atoms with Gasteiger partial charge < -0.3 is 5.11 Å². The third-order valence-corrected chi connectivity index (χ3v) is 3.37. The maximum absolute atomic E-state index is 10.1. The molecule has 0 heterocycles. The Kier molecular flexibility index (Phi) is 2.41. The van der Waals surface area contributed by atoms with Crippen molar-refractivity contribution in [2.24, 2.45) is 0 Å². The Balaban J connectivity index is 2.44. The Morgan fingerprint density at radius 1 is 0.882 bits per heavy atom. The van der Waals surface area contributed by atoms with Crippen LogP contribution in [0.5, 0.6) is 5.75 Å². The van der Waals surface area contributed by atoms with E-state index in [1.54, 1.807) is 0 Å². The average molecular weight is 243 g/mol. The highest BCUT2D eigenvalue weighted by Gasteiger charge is 2.06. The predicted molar refractivity (Wildman–Crippen MR) is 72.7 cm³/mol. The van der Waals surface area contributed by atoms with E-state index in [-0.39, 0.29) is 0 Å². The molecule has 3 aromatic carbocycles. The molecule has 0 aliphatic carbocycles. The van der Waals surface area contributed by atoms with Crippen LogP contribution in [0.3, 0.4) is 0 Å². The lowest BCUT2D eigenvalue weighted by Crippen LogP contribution is -1.83. The number of benzene rings is 3. The zero-order chi connectivity index (χ0) is 11.8. The molecule has 84 valence electrons. The van der Waals surface area contributed by atoms with Crippen molar-refractivity contribution in [1.29, 1.82) is 0 Å². The highest BCUT2D eigenvalue weighted by atomic mass is 35.5. The van der Waals surface area contributed by atoms with Gasteiger partial charge in [-0.1, -0.05) is 36.4 Å². The molecule has 0 atom stereocenters. The molecule has 3 aromatic rings. The summed E-state index contributed by atoms with van der Waals surface area (Å²) in [6, 6.07) is 16.1. The molecule has 0 saturated carbocycles.